The molecule has 1 aromatic heterocycles. The topological polar surface area (TPSA) is 76.4 Å². The second-order valence-electron chi connectivity index (χ2n) is 4.63. The molecule has 2 N–H and O–H groups in total. The number of para-hydroxylation sites is 2. The molecule has 1 aromatic carbocycles. The number of amides is 1. The maximum atomic E-state index is 12.1. The van der Waals surface area contributed by atoms with E-state index in [0.717, 1.165) is 11.4 Å². The molecule has 1 aliphatic rings. The molecule has 0 saturated carbocycles. The highest BCUT2D eigenvalue weighted by atomic mass is 16.5. The first-order chi connectivity index (χ1) is 9.72. The molecule has 1 atom stereocenters. The Morgan fingerprint density at radius 2 is 2.35 bits per heavy atom. The smallest absolute Gasteiger partial charge is 0.263 e. The summed E-state index contributed by atoms with van der Waals surface area (Å²) in [4.78, 5) is 12.1. The number of hydrogen-bond donors (Lipinski definition) is 2. The van der Waals surface area contributed by atoms with Crippen LogP contribution in [0, 0.1) is 6.92 Å². The summed E-state index contributed by atoms with van der Waals surface area (Å²) in [6.45, 7) is 2.59. The summed E-state index contributed by atoms with van der Waals surface area (Å²) < 4.78 is 10.6. The highest BCUT2D eigenvalue weighted by molar-refractivity contribution is 5.83. The van der Waals surface area contributed by atoms with Crippen molar-refractivity contribution in [1.29, 1.82) is 0 Å². The van der Waals surface area contributed by atoms with Crippen molar-refractivity contribution in [3.8, 4) is 5.75 Å². The summed E-state index contributed by atoms with van der Waals surface area (Å²) in [7, 11) is 0. The van der Waals surface area contributed by atoms with Crippen LogP contribution in [0.25, 0.3) is 0 Å². The molecule has 0 radical (unpaired) electrons. The minimum atomic E-state index is -0.544. The van der Waals surface area contributed by atoms with E-state index in [1.807, 2.05) is 31.2 Å². The summed E-state index contributed by atoms with van der Waals surface area (Å²) >= 11 is 0. The van der Waals surface area contributed by atoms with E-state index in [1.165, 1.54) is 0 Å². The van der Waals surface area contributed by atoms with Crippen molar-refractivity contribution < 1.29 is 14.1 Å². The van der Waals surface area contributed by atoms with Crippen molar-refractivity contribution >= 4 is 11.6 Å². The molecule has 0 fully saturated rings. The number of aryl methyl sites for hydroxylation is 1. The molecule has 0 spiro atoms. The Kier molecular flexibility index (Phi) is 3.28. The molecule has 104 valence electrons. The maximum Gasteiger partial charge on any atom is 0.263 e. The van der Waals surface area contributed by atoms with Gasteiger partial charge in [-0.1, -0.05) is 17.3 Å². The fourth-order valence-corrected chi connectivity index (χ4v) is 2.05. The summed E-state index contributed by atoms with van der Waals surface area (Å²) in [5, 5.41) is 9.78. The molecule has 6 heteroatoms. The van der Waals surface area contributed by atoms with Crippen LogP contribution in [0.15, 0.2) is 34.9 Å². The highest BCUT2D eigenvalue weighted by Gasteiger charge is 2.25. The van der Waals surface area contributed by atoms with Crippen molar-refractivity contribution in [2.24, 2.45) is 0 Å². The lowest BCUT2D eigenvalue weighted by Crippen LogP contribution is -2.44. The number of nitrogens with one attached hydrogen (secondary N) is 2. The molecular weight excluding hydrogens is 258 g/mol. The van der Waals surface area contributed by atoms with Crippen LogP contribution in [0.2, 0.25) is 0 Å². The molecule has 0 bridgehead atoms. The number of hydrogen-bond acceptors (Lipinski definition) is 5. The molecule has 1 aliphatic heterocycles. The number of benzene rings is 1. The van der Waals surface area contributed by atoms with Gasteiger partial charge in [-0.3, -0.25) is 4.79 Å². The standard InChI is InChI=1S/C14H15N3O3/c1-9-6-10(17-20-9)7-16-14(18)13-8-15-11-4-2-3-5-12(11)19-13/h2-6,13,15H,7-8H2,1H3,(H,16,18). The van der Waals surface area contributed by atoms with E-state index in [0.29, 0.717) is 24.5 Å². The summed E-state index contributed by atoms with van der Waals surface area (Å²) in [6.07, 6.45) is -0.544. The third-order valence-corrected chi connectivity index (χ3v) is 3.05. The molecule has 20 heavy (non-hydrogen) atoms. The van der Waals surface area contributed by atoms with Crippen LogP contribution in [0.1, 0.15) is 11.5 Å². The Morgan fingerprint density at radius 3 is 3.15 bits per heavy atom. The Morgan fingerprint density at radius 1 is 1.50 bits per heavy atom. The lowest BCUT2D eigenvalue weighted by Gasteiger charge is -2.26. The average molecular weight is 273 g/mol. The zero-order chi connectivity index (χ0) is 13.9. The van der Waals surface area contributed by atoms with E-state index in [-0.39, 0.29) is 5.91 Å². The number of carbonyl (C=O) groups is 1. The molecule has 3 rings (SSSR count). The minimum Gasteiger partial charge on any atom is -0.477 e. The van der Waals surface area contributed by atoms with Crippen LogP contribution in [0.4, 0.5) is 5.69 Å². The fourth-order valence-electron chi connectivity index (χ4n) is 2.05. The second kappa shape index (κ2) is 5.24. The lowest BCUT2D eigenvalue weighted by atomic mass is 10.2. The van der Waals surface area contributed by atoms with Gasteiger partial charge >= 0.3 is 0 Å². The van der Waals surface area contributed by atoms with Crippen molar-refractivity contribution in [2.45, 2.75) is 19.6 Å². The molecule has 0 aliphatic carbocycles. The van der Waals surface area contributed by atoms with Gasteiger partial charge in [-0.15, -0.1) is 0 Å². The first-order valence-electron chi connectivity index (χ1n) is 6.42. The fraction of sp³-hybridized carbons (Fsp3) is 0.286. The van der Waals surface area contributed by atoms with Crippen LogP contribution < -0.4 is 15.4 Å². The zero-order valence-corrected chi connectivity index (χ0v) is 11.1. The highest BCUT2D eigenvalue weighted by Crippen LogP contribution is 2.28. The van der Waals surface area contributed by atoms with Gasteiger partial charge in [-0.25, -0.2) is 0 Å². The van der Waals surface area contributed by atoms with E-state index in [4.69, 9.17) is 9.26 Å². The van der Waals surface area contributed by atoms with E-state index < -0.39 is 6.10 Å². The number of fused-ring (bicyclic) bond motifs is 1. The van der Waals surface area contributed by atoms with E-state index in [1.54, 1.807) is 6.07 Å². The SMILES string of the molecule is Cc1cc(CNC(=O)C2CNc3ccccc3O2)no1. The predicted octanol–water partition coefficient (Wildman–Crippen LogP) is 1.47. The molecule has 2 heterocycles. The van der Waals surface area contributed by atoms with E-state index in [9.17, 15) is 4.79 Å². The number of aromatic nitrogens is 1. The normalized spacial score (nSPS) is 16.8. The summed E-state index contributed by atoms with van der Waals surface area (Å²) in [5.74, 6) is 1.24. The van der Waals surface area contributed by atoms with Crippen LogP contribution >= 0.6 is 0 Å². The lowest BCUT2D eigenvalue weighted by molar-refractivity contribution is -0.127. The Labute approximate surface area is 116 Å². The molecular formula is C14H15N3O3. The number of rotatable bonds is 3. The predicted molar refractivity (Wildman–Crippen MR) is 72.4 cm³/mol. The summed E-state index contributed by atoms with van der Waals surface area (Å²) in [6, 6.07) is 9.33. The van der Waals surface area contributed by atoms with Crippen molar-refractivity contribution in [1.82, 2.24) is 10.5 Å². The Balaban J connectivity index is 1.59. The number of ether oxygens (including phenoxy) is 1. The first kappa shape index (κ1) is 12.5. The van der Waals surface area contributed by atoms with Gasteiger partial charge in [0.15, 0.2) is 6.10 Å². The van der Waals surface area contributed by atoms with Gasteiger partial charge in [0, 0.05) is 6.07 Å². The monoisotopic (exact) mass is 273 g/mol. The van der Waals surface area contributed by atoms with Gasteiger partial charge in [0.1, 0.15) is 17.2 Å². The van der Waals surface area contributed by atoms with Gasteiger partial charge < -0.3 is 19.9 Å². The third kappa shape index (κ3) is 2.59. The number of nitrogens with zero attached hydrogens (tertiary/aromatic N) is 1. The van der Waals surface area contributed by atoms with Gasteiger partial charge in [-0.2, -0.15) is 0 Å². The molecule has 0 saturated heterocycles. The first-order valence-corrected chi connectivity index (χ1v) is 6.42. The number of anilines is 1. The van der Waals surface area contributed by atoms with Crippen molar-refractivity contribution in [2.75, 3.05) is 11.9 Å². The van der Waals surface area contributed by atoms with Crippen LogP contribution in [0.5, 0.6) is 5.75 Å². The van der Waals surface area contributed by atoms with Gasteiger partial charge in [0.2, 0.25) is 0 Å². The van der Waals surface area contributed by atoms with E-state index in [2.05, 4.69) is 15.8 Å². The van der Waals surface area contributed by atoms with Gasteiger partial charge in [0.25, 0.3) is 5.91 Å². The van der Waals surface area contributed by atoms with Crippen LogP contribution in [-0.4, -0.2) is 23.7 Å². The van der Waals surface area contributed by atoms with Crippen molar-refractivity contribution in [3.63, 3.8) is 0 Å². The molecule has 2 aromatic rings. The molecule has 1 unspecified atom stereocenters. The average Bonchev–Trinajstić information content (AvgIpc) is 2.90. The van der Waals surface area contributed by atoms with Crippen molar-refractivity contribution in [3.05, 3.63) is 41.8 Å². The van der Waals surface area contributed by atoms with E-state index >= 15 is 0 Å². The molecule has 6 nitrogen and oxygen atoms in total. The van der Waals surface area contributed by atoms with Crippen LogP contribution in [-0.2, 0) is 11.3 Å². The number of carbonyl (C=O) groups excluding carboxylic acids is 1. The van der Waals surface area contributed by atoms with Gasteiger partial charge in [0.05, 0.1) is 18.8 Å². The molecule has 1 amide bonds. The second-order valence-corrected chi connectivity index (χ2v) is 4.63. The quantitative estimate of drug-likeness (QED) is 0.885. The maximum absolute atomic E-state index is 12.1. The Hall–Kier alpha value is -2.50. The summed E-state index contributed by atoms with van der Waals surface area (Å²) in [5.41, 5.74) is 1.60. The minimum absolute atomic E-state index is 0.173. The third-order valence-electron chi connectivity index (χ3n) is 3.05. The zero-order valence-electron chi connectivity index (χ0n) is 11.1. The van der Waals surface area contributed by atoms with Gasteiger partial charge in [-0.05, 0) is 19.1 Å². The largest absolute Gasteiger partial charge is 0.477 e. The Bertz CT molecular complexity index is 624. The van der Waals surface area contributed by atoms with Crippen LogP contribution in [0.3, 0.4) is 0 Å².